The molecule has 21 heavy (non-hydrogen) atoms. The minimum Gasteiger partial charge on any atom is -0.465 e. The van der Waals surface area contributed by atoms with E-state index in [9.17, 15) is 4.79 Å². The zero-order valence-corrected chi connectivity index (χ0v) is 12.2. The van der Waals surface area contributed by atoms with E-state index in [4.69, 9.17) is 16.3 Å². The fourth-order valence-electron chi connectivity index (χ4n) is 2.20. The Morgan fingerprint density at radius 2 is 2.00 bits per heavy atom. The van der Waals surface area contributed by atoms with Gasteiger partial charge in [-0.15, -0.1) is 0 Å². The molecule has 0 radical (unpaired) electrons. The molecule has 0 N–H and O–H groups in total. The summed E-state index contributed by atoms with van der Waals surface area (Å²) in [5.41, 5.74) is 2.54. The second-order valence-corrected chi connectivity index (χ2v) is 5.12. The van der Waals surface area contributed by atoms with Gasteiger partial charge in [0.25, 0.3) is 0 Å². The fraction of sp³-hybridized carbons (Fsp3) is 0.125. The van der Waals surface area contributed by atoms with Gasteiger partial charge < -0.3 is 9.14 Å². The van der Waals surface area contributed by atoms with Gasteiger partial charge >= 0.3 is 5.97 Å². The van der Waals surface area contributed by atoms with E-state index in [1.807, 2.05) is 34.7 Å². The van der Waals surface area contributed by atoms with Crippen LogP contribution < -0.4 is 0 Å². The van der Waals surface area contributed by atoms with Gasteiger partial charge in [-0.2, -0.15) is 0 Å². The van der Waals surface area contributed by atoms with Crippen molar-refractivity contribution in [3.8, 4) is 0 Å². The molecule has 0 unspecified atom stereocenters. The lowest BCUT2D eigenvalue weighted by Crippen LogP contribution is -2.04. The Kier molecular flexibility index (Phi) is 3.62. The molecule has 0 spiro atoms. The Bertz CT molecular complexity index is 794. The van der Waals surface area contributed by atoms with E-state index in [1.54, 1.807) is 18.5 Å². The molecule has 2 aromatic heterocycles. The number of imidazole rings is 1. The van der Waals surface area contributed by atoms with Crippen molar-refractivity contribution in [1.82, 2.24) is 9.38 Å². The molecule has 0 aliphatic heterocycles. The van der Waals surface area contributed by atoms with E-state index < -0.39 is 0 Å². The number of rotatable bonds is 3. The zero-order chi connectivity index (χ0) is 14.8. The quantitative estimate of drug-likeness (QED) is 0.697. The molecular weight excluding hydrogens is 288 g/mol. The summed E-state index contributed by atoms with van der Waals surface area (Å²) >= 11 is 5.89. The topological polar surface area (TPSA) is 43.6 Å². The van der Waals surface area contributed by atoms with Crippen LogP contribution in [0.1, 0.15) is 21.7 Å². The third-order valence-electron chi connectivity index (χ3n) is 3.30. The van der Waals surface area contributed by atoms with Crippen molar-refractivity contribution in [2.75, 3.05) is 7.11 Å². The van der Waals surface area contributed by atoms with Crippen LogP contribution in [-0.2, 0) is 11.2 Å². The molecule has 0 saturated carbocycles. The number of halogens is 1. The Morgan fingerprint density at radius 3 is 2.71 bits per heavy atom. The number of aromatic nitrogens is 2. The number of hydrogen-bond donors (Lipinski definition) is 0. The standard InChI is InChI=1S/C16H13ClN2O2/c1-21-16(20)12-4-7-14-9-18-15(19(14)10-12)8-11-2-5-13(17)6-3-11/h2-7,9-10H,8H2,1H3. The Labute approximate surface area is 126 Å². The molecule has 2 heterocycles. The van der Waals surface area contributed by atoms with Gasteiger partial charge in [-0.1, -0.05) is 23.7 Å². The zero-order valence-electron chi connectivity index (χ0n) is 11.4. The monoisotopic (exact) mass is 300 g/mol. The molecule has 1 aromatic carbocycles. The van der Waals surface area contributed by atoms with Crippen molar-refractivity contribution in [2.24, 2.45) is 0 Å². The van der Waals surface area contributed by atoms with Gasteiger partial charge in [-0.3, -0.25) is 0 Å². The number of carbonyl (C=O) groups is 1. The first-order valence-corrected chi connectivity index (χ1v) is 6.84. The molecule has 0 saturated heterocycles. The predicted octanol–water partition coefficient (Wildman–Crippen LogP) is 3.37. The third-order valence-corrected chi connectivity index (χ3v) is 3.55. The van der Waals surface area contributed by atoms with Crippen molar-refractivity contribution < 1.29 is 9.53 Å². The molecule has 0 bridgehead atoms. The summed E-state index contributed by atoms with van der Waals surface area (Å²) in [6.07, 6.45) is 4.20. The smallest absolute Gasteiger partial charge is 0.339 e. The Balaban J connectivity index is 1.98. The molecule has 3 aromatic rings. The number of methoxy groups -OCH3 is 1. The van der Waals surface area contributed by atoms with Crippen LogP contribution in [0.3, 0.4) is 0 Å². The maximum atomic E-state index is 11.6. The lowest BCUT2D eigenvalue weighted by molar-refractivity contribution is 0.0600. The summed E-state index contributed by atoms with van der Waals surface area (Å²) in [6, 6.07) is 11.2. The number of fused-ring (bicyclic) bond motifs is 1. The van der Waals surface area contributed by atoms with E-state index in [-0.39, 0.29) is 5.97 Å². The van der Waals surface area contributed by atoms with Gasteiger partial charge in [0.2, 0.25) is 0 Å². The molecule has 3 rings (SSSR count). The van der Waals surface area contributed by atoms with Gasteiger partial charge in [0.15, 0.2) is 0 Å². The van der Waals surface area contributed by atoms with Crippen molar-refractivity contribution in [2.45, 2.75) is 6.42 Å². The average Bonchev–Trinajstić information content (AvgIpc) is 2.91. The minimum absolute atomic E-state index is 0.358. The number of ether oxygens (including phenoxy) is 1. The fourth-order valence-corrected chi connectivity index (χ4v) is 2.32. The summed E-state index contributed by atoms with van der Waals surface area (Å²) in [7, 11) is 1.37. The molecule has 0 aliphatic carbocycles. The molecule has 106 valence electrons. The predicted molar refractivity (Wildman–Crippen MR) is 80.8 cm³/mol. The minimum atomic E-state index is -0.358. The number of pyridine rings is 1. The molecule has 4 nitrogen and oxygen atoms in total. The summed E-state index contributed by atoms with van der Waals surface area (Å²) in [6.45, 7) is 0. The molecule has 0 atom stereocenters. The highest BCUT2D eigenvalue weighted by molar-refractivity contribution is 6.30. The lowest BCUT2D eigenvalue weighted by atomic mass is 10.1. The van der Waals surface area contributed by atoms with Crippen molar-refractivity contribution in [3.05, 3.63) is 70.8 Å². The highest BCUT2D eigenvalue weighted by Crippen LogP contribution is 2.16. The molecule has 0 amide bonds. The summed E-state index contributed by atoms with van der Waals surface area (Å²) in [4.78, 5) is 16.0. The van der Waals surface area contributed by atoms with Crippen molar-refractivity contribution >= 4 is 23.1 Å². The van der Waals surface area contributed by atoms with E-state index in [1.165, 1.54) is 7.11 Å². The van der Waals surface area contributed by atoms with Crippen LogP contribution in [0.5, 0.6) is 0 Å². The second-order valence-electron chi connectivity index (χ2n) is 4.68. The largest absolute Gasteiger partial charge is 0.465 e. The van der Waals surface area contributed by atoms with Crippen LogP contribution in [-0.4, -0.2) is 22.5 Å². The first kappa shape index (κ1) is 13.6. The van der Waals surface area contributed by atoms with Crippen molar-refractivity contribution in [1.29, 1.82) is 0 Å². The first-order chi connectivity index (χ1) is 10.2. The molecule has 0 aliphatic rings. The van der Waals surface area contributed by atoms with Crippen LogP contribution in [0.2, 0.25) is 5.02 Å². The number of hydrogen-bond acceptors (Lipinski definition) is 3. The number of benzene rings is 1. The third kappa shape index (κ3) is 2.76. The van der Waals surface area contributed by atoms with E-state index in [2.05, 4.69) is 4.98 Å². The molecule has 0 fully saturated rings. The van der Waals surface area contributed by atoms with Gasteiger partial charge in [0.05, 0.1) is 24.4 Å². The van der Waals surface area contributed by atoms with Crippen LogP contribution in [0, 0.1) is 0 Å². The van der Waals surface area contributed by atoms with Gasteiger partial charge in [0, 0.05) is 17.6 Å². The van der Waals surface area contributed by atoms with E-state index in [0.717, 1.165) is 16.9 Å². The number of esters is 1. The van der Waals surface area contributed by atoms with E-state index in [0.29, 0.717) is 17.0 Å². The molecular formula is C16H13ClN2O2. The summed E-state index contributed by atoms with van der Waals surface area (Å²) in [5, 5.41) is 0.708. The number of nitrogens with zero attached hydrogens (tertiary/aromatic N) is 2. The maximum Gasteiger partial charge on any atom is 0.339 e. The highest BCUT2D eigenvalue weighted by atomic mass is 35.5. The normalized spacial score (nSPS) is 10.8. The maximum absolute atomic E-state index is 11.6. The second kappa shape index (κ2) is 5.58. The Hall–Kier alpha value is -2.33. The average molecular weight is 301 g/mol. The summed E-state index contributed by atoms with van der Waals surface area (Å²) in [5.74, 6) is 0.501. The van der Waals surface area contributed by atoms with Crippen LogP contribution in [0.4, 0.5) is 0 Å². The van der Waals surface area contributed by atoms with Crippen LogP contribution in [0.25, 0.3) is 5.52 Å². The van der Waals surface area contributed by atoms with Gasteiger partial charge in [0.1, 0.15) is 5.82 Å². The summed E-state index contributed by atoms with van der Waals surface area (Å²) < 4.78 is 6.65. The lowest BCUT2D eigenvalue weighted by Gasteiger charge is -2.04. The first-order valence-electron chi connectivity index (χ1n) is 6.46. The van der Waals surface area contributed by atoms with Crippen LogP contribution >= 0.6 is 11.6 Å². The van der Waals surface area contributed by atoms with Crippen LogP contribution in [0.15, 0.2) is 48.8 Å². The van der Waals surface area contributed by atoms with Gasteiger partial charge in [-0.05, 0) is 29.8 Å². The number of carbonyl (C=O) groups excluding carboxylic acids is 1. The Morgan fingerprint density at radius 1 is 1.24 bits per heavy atom. The van der Waals surface area contributed by atoms with Crippen molar-refractivity contribution in [3.63, 3.8) is 0 Å². The highest BCUT2D eigenvalue weighted by Gasteiger charge is 2.09. The SMILES string of the molecule is COC(=O)c1ccc2cnc(Cc3ccc(Cl)cc3)n2c1. The van der Waals surface area contributed by atoms with Gasteiger partial charge in [-0.25, -0.2) is 9.78 Å². The molecule has 5 heteroatoms. The van der Waals surface area contributed by atoms with E-state index >= 15 is 0 Å².